The van der Waals surface area contributed by atoms with Crippen LogP contribution in [0.4, 0.5) is 0 Å². The summed E-state index contributed by atoms with van der Waals surface area (Å²) in [5.74, 6) is 0. The molecule has 0 aliphatic carbocycles. The molecule has 0 fully saturated rings. The number of rotatable bonds is 0. The summed E-state index contributed by atoms with van der Waals surface area (Å²) in [7, 11) is 0.713. The van der Waals surface area contributed by atoms with Gasteiger partial charge in [-0.3, -0.25) is 0 Å². The molecule has 6 heavy (non-hydrogen) atoms. The number of hydrogen-bond donors (Lipinski definition) is 0. The standard InChI is InChI=1S/C4H6NP/c1-4-2-3-5-6-4/h2-3,6H,1H3. The third-order valence-electron chi connectivity index (χ3n) is 0.640. The highest BCUT2D eigenvalue weighted by Crippen LogP contribution is 2.05. The zero-order chi connectivity index (χ0) is 4.41. The lowest BCUT2D eigenvalue weighted by molar-refractivity contribution is 1.57. The smallest absolute Gasteiger partial charge is 0.0312 e. The fourth-order valence-electron chi connectivity index (χ4n) is 0.325. The van der Waals surface area contributed by atoms with Crippen molar-refractivity contribution >= 4 is 8.35 Å². The first-order valence-corrected chi connectivity index (χ1v) is 2.80. The minimum Gasteiger partial charge on any atom is -0.249 e. The van der Waals surface area contributed by atoms with E-state index < -0.39 is 0 Å². The molecule has 2 heteroatoms. The van der Waals surface area contributed by atoms with Gasteiger partial charge >= 0.3 is 0 Å². The largest absolute Gasteiger partial charge is 0.249 e. The quantitative estimate of drug-likeness (QED) is 0.479. The molecular weight excluding hydrogens is 93.0 g/mol. The Balaban J connectivity index is 3.05. The Hall–Kier alpha value is -0.290. The second-order valence-electron chi connectivity index (χ2n) is 1.24. The van der Waals surface area contributed by atoms with Crippen LogP contribution in [-0.2, 0) is 0 Å². The van der Waals surface area contributed by atoms with Crippen molar-refractivity contribution in [3.63, 3.8) is 0 Å². The predicted molar refractivity (Wildman–Crippen MR) is 28.5 cm³/mol. The van der Waals surface area contributed by atoms with Crippen LogP contribution in [0.1, 0.15) is 5.30 Å². The summed E-state index contributed by atoms with van der Waals surface area (Å²) in [6.07, 6.45) is 1.85. The minimum absolute atomic E-state index is 0.713. The molecule has 1 heterocycles. The molecule has 1 aromatic heterocycles. The van der Waals surface area contributed by atoms with Crippen molar-refractivity contribution in [2.75, 3.05) is 0 Å². The van der Waals surface area contributed by atoms with E-state index in [-0.39, 0.29) is 0 Å². The average molecular weight is 99.1 g/mol. The Morgan fingerprint density at radius 2 is 2.67 bits per heavy atom. The van der Waals surface area contributed by atoms with Gasteiger partial charge in [-0.15, -0.1) is 0 Å². The monoisotopic (exact) mass is 99.0 g/mol. The molecule has 0 aromatic carbocycles. The lowest BCUT2D eigenvalue weighted by atomic mass is 10.6. The van der Waals surface area contributed by atoms with Gasteiger partial charge in [-0.05, 0) is 26.6 Å². The lowest BCUT2D eigenvalue weighted by Gasteiger charge is -1.65. The SMILES string of the molecule is Cc1ccn[pH]1. The Labute approximate surface area is 38.6 Å². The molecule has 0 aliphatic heterocycles. The van der Waals surface area contributed by atoms with Crippen LogP contribution in [0.15, 0.2) is 12.3 Å². The molecule has 1 aromatic rings. The summed E-state index contributed by atoms with van der Waals surface area (Å²) in [6, 6.07) is 2.04. The second kappa shape index (κ2) is 1.44. The van der Waals surface area contributed by atoms with Crippen LogP contribution in [0, 0.1) is 6.92 Å². The van der Waals surface area contributed by atoms with Crippen molar-refractivity contribution in [2.45, 2.75) is 6.92 Å². The van der Waals surface area contributed by atoms with Crippen LogP contribution in [0.5, 0.6) is 0 Å². The first-order chi connectivity index (χ1) is 2.89. The van der Waals surface area contributed by atoms with E-state index in [9.17, 15) is 0 Å². The molecule has 0 aliphatic rings. The highest BCUT2D eigenvalue weighted by Gasteiger charge is 1.74. The van der Waals surface area contributed by atoms with Gasteiger partial charge in [0.05, 0.1) is 0 Å². The number of nitrogens with zero attached hydrogens (tertiary/aromatic N) is 1. The highest BCUT2D eigenvalue weighted by molar-refractivity contribution is 7.26. The van der Waals surface area contributed by atoms with Crippen LogP contribution in [0.25, 0.3) is 0 Å². The number of hydrogen-bond acceptors (Lipinski definition) is 1. The maximum Gasteiger partial charge on any atom is 0.0312 e. The van der Waals surface area contributed by atoms with Crippen molar-refractivity contribution < 1.29 is 0 Å². The Morgan fingerprint density at radius 3 is 2.83 bits per heavy atom. The number of aryl methyl sites for hydroxylation is 1. The van der Waals surface area contributed by atoms with Crippen LogP contribution in [-0.4, -0.2) is 4.75 Å². The van der Waals surface area contributed by atoms with E-state index in [1.807, 2.05) is 12.3 Å². The topological polar surface area (TPSA) is 12.9 Å². The molecule has 1 unspecified atom stereocenters. The highest BCUT2D eigenvalue weighted by atomic mass is 31.0. The van der Waals surface area contributed by atoms with Crippen molar-refractivity contribution in [1.29, 1.82) is 0 Å². The molecule has 1 nitrogen and oxygen atoms in total. The Bertz CT molecular complexity index is 111. The van der Waals surface area contributed by atoms with Gasteiger partial charge < -0.3 is 0 Å². The van der Waals surface area contributed by atoms with E-state index in [4.69, 9.17) is 0 Å². The second-order valence-corrected chi connectivity index (χ2v) is 2.51. The third kappa shape index (κ3) is 0.605. The average Bonchev–Trinajstić information content (AvgIpc) is 1.86. The third-order valence-corrected chi connectivity index (χ3v) is 1.44. The summed E-state index contributed by atoms with van der Waals surface area (Å²) in [5.41, 5.74) is 0. The summed E-state index contributed by atoms with van der Waals surface area (Å²) in [5, 5.41) is 1.38. The molecule has 0 bridgehead atoms. The van der Waals surface area contributed by atoms with Crippen molar-refractivity contribution in [3.05, 3.63) is 17.6 Å². The Morgan fingerprint density at radius 1 is 1.83 bits per heavy atom. The molecule has 0 N–H and O–H groups in total. The molecule has 1 atom stereocenters. The molecular formula is C4H6NP. The van der Waals surface area contributed by atoms with Crippen molar-refractivity contribution in [2.24, 2.45) is 0 Å². The molecule has 32 valence electrons. The normalized spacial score (nSPS) is 10.2. The maximum absolute atomic E-state index is 3.97. The van der Waals surface area contributed by atoms with E-state index >= 15 is 0 Å². The fourth-order valence-corrected chi connectivity index (χ4v) is 0.827. The zero-order valence-corrected chi connectivity index (χ0v) is 4.60. The summed E-state index contributed by atoms with van der Waals surface area (Å²) < 4.78 is 3.97. The lowest BCUT2D eigenvalue weighted by Crippen LogP contribution is -1.41. The maximum atomic E-state index is 3.97. The first kappa shape index (κ1) is 3.89. The van der Waals surface area contributed by atoms with E-state index in [2.05, 4.69) is 11.7 Å². The summed E-state index contributed by atoms with van der Waals surface area (Å²) in [4.78, 5) is 0. The van der Waals surface area contributed by atoms with E-state index in [1.54, 1.807) is 0 Å². The van der Waals surface area contributed by atoms with Gasteiger partial charge in [-0.2, -0.15) is 0 Å². The van der Waals surface area contributed by atoms with E-state index in [0.29, 0.717) is 8.35 Å². The summed E-state index contributed by atoms with van der Waals surface area (Å²) in [6.45, 7) is 2.09. The van der Waals surface area contributed by atoms with Crippen molar-refractivity contribution in [1.82, 2.24) is 4.75 Å². The zero-order valence-electron chi connectivity index (χ0n) is 3.60. The fraction of sp³-hybridized carbons (Fsp3) is 0.250. The van der Waals surface area contributed by atoms with Gasteiger partial charge in [-0.1, -0.05) is 0 Å². The van der Waals surface area contributed by atoms with E-state index in [0.717, 1.165) is 0 Å². The van der Waals surface area contributed by atoms with Crippen LogP contribution < -0.4 is 0 Å². The molecule has 0 radical (unpaired) electrons. The first-order valence-electron chi connectivity index (χ1n) is 1.85. The minimum atomic E-state index is 0.713. The Kier molecular flexibility index (Phi) is 0.932. The van der Waals surface area contributed by atoms with Gasteiger partial charge in [0.2, 0.25) is 0 Å². The molecule has 0 saturated heterocycles. The number of aromatic nitrogens is 1. The van der Waals surface area contributed by atoms with Crippen LogP contribution in [0.3, 0.4) is 0 Å². The van der Waals surface area contributed by atoms with Crippen LogP contribution >= 0.6 is 8.35 Å². The van der Waals surface area contributed by atoms with Gasteiger partial charge in [0.1, 0.15) is 0 Å². The van der Waals surface area contributed by atoms with Gasteiger partial charge in [0.25, 0.3) is 0 Å². The van der Waals surface area contributed by atoms with E-state index in [1.165, 1.54) is 5.30 Å². The van der Waals surface area contributed by atoms with Crippen molar-refractivity contribution in [3.8, 4) is 0 Å². The van der Waals surface area contributed by atoms with Crippen LogP contribution in [0.2, 0.25) is 0 Å². The van der Waals surface area contributed by atoms with Gasteiger partial charge in [0.15, 0.2) is 0 Å². The van der Waals surface area contributed by atoms with Gasteiger partial charge in [0, 0.05) is 6.20 Å². The summed E-state index contributed by atoms with van der Waals surface area (Å²) >= 11 is 0. The molecule has 0 spiro atoms. The molecule has 0 saturated carbocycles. The molecule has 1 rings (SSSR count). The molecule has 0 amide bonds. The van der Waals surface area contributed by atoms with Gasteiger partial charge in [-0.25, -0.2) is 4.75 Å². The predicted octanol–water partition coefficient (Wildman–Crippen LogP) is 1.42.